The van der Waals surface area contributed by atoms with E-state index in [1.165, 1.54) is 0 Å². The molecule has 1 aromatic heterocycles. The Hall–Kier alpha value is -2.47. The molecule has 0 saturated carbocycles. The van der Waals surface area contributed by atoms with Crippen LogP contribution in [0.15, 0.2) is 36.5 Å². The van der Waals surface area contributed by atoms with E-state index in [-0.39, 0.29) is 17.9 Å². The second-order valence-corrected chi connectivity index (χ2v) is 6.11. The number of aromatic nitrogens is 1. The summed E-state index contributed by atoms with van der Waals surface area (Å²) in [6.45, 7) is 2.24. The third kappa shape index (κ3) is 3.10. The number of aliphatic hydroxyl groups is 1. The van der Waals surface area contributed by atoms with Gasteiger partial charge in [-0.2, -0.15) is 0 Å². The predicted molar refractivity (Wildman–Crippen MR) is 90.5 cm³/mol. The lowest BCUT2D eigenvalue weighted by Gasteiger charge is -2.26. The fraction of sp³-hybridized carbons (Fsp3) is 0.389. The Morgan fingerprint density at radius 2 is 2.17 bits per heavy atom. The second kappa shape index (κ2) is 6.97. The van der Waals surface area contributed by atoms with Crippen LogP contribution in [0, 0.1) is 0 Å². The van der Waals surface area contributed by atoms with Crippen molar-refractivity contribution < 1.29 is 14.7 Å². The second-order valence-electron chi connectivity index (χ2n) is 6.11. The minimum absolute atomic E-state index is 0.144. The van der Waals surface area contributed by atoms with E-state index in [0.717, 1.165) is 18.2 Å². The molecule has 2 aromatic rings. The number of para-hydroxylation sites is 1. The molecule has 2 heterocycles. The van der Waals surface area contributed by atoms with E-state index >= 15 is 0 Å². The number of hydrogen-bond acceptors (Lipinski definition) is 4. The van der Waals surface area contributed by atoms with Crippen molar-refractivity contribution in [2.45, 2.75) is 31.8 Å². The minimum Gasteiger partial charge on any atom is -0.394 e. The number of pyridine rings is 1. The summed E-state index contributed by atoms with van der Waals surface area (Å²) in [5.41, 5.74) is 1.16. The number of rotatable bonds is 4. The molecule has 1 aliphatic rings. The largest absolute Gasteiger partial charge is 0.394 e. The zero-order chi connectivity index (χ0) is 17.1. The Kier molecular flexibility index (Phi) is 4.76. The molecule has 1 saturated heterocycles. The number of nitrogens with zero attached hydrogens (tertiary/aromatic N) is 2. The molecule has 0 aliphatic carbocycles. The smallest absolute Gasteiger partial charge is 0.252 e. The van der Waals surface area contributed by atoms with Crippen molar-refractivity contribution in [3.05, 3.63) is 42.1 Å². The summed E-state index contributed by atoms with van der Waals surface area (Å²) < 4.78 is 0. The summed E-state index contributed by atoms with van der Waals surface area (Å²) >= 11 is 0. The van der Waals surface area contributed by atoms with Gasteiger partial charge in [0.2, 0.25) is 5.91 Å². The Bertz CT molecular complexity index is 757. The summed E-state index contributed by atoms with van der Waals surface area (Å²) in [6.07, 6.45) is 3.47. The van der Waals surface area contributed by atoms with Crippen molar-refractivity contribution in [3.8, 4) is 0 Å². The fourth-order valence-electron chi connectivity index (χ4n) is 3.18. The van der Waals surface area contributed by atoms with Gasteiger partial charge in [-0.15, -0.1) is 0 Å². The Labute approximate surface area is 140 Å². The molecule has 0 radical (unpaired) electrons. The maximum Gasteiger partial charge on any atom is 0.252 e. The van der Waals surface area contributed by atoms with E-state index < -0.39 is 12.6 Å². The topological polar surface area (TPSA) is 82.5 Å². The Morgan fingerprint density at radius 1 is 1.38 bits per heavy atom. The molecule has 0 bridgehead atoms. The van der Waals surface area contributed by atoms with Crippen LogP contribution in [0.4, 0.5) is 0 Å². The average Bonchev–Trinajstić information content (AvgIpc) is 3.04. The first-order valence-electron chi connectivity index (χ1n) is 8.17. The maximum absolute atomic E-state index is 12.6. The lowest BCUT2D eigenvalue weighted by atomic mass is 10.1. The first-order chi connectivity index (χ1) is 11.6. The summed E-state index contributed by atoms with van der Waals surface area (Å²) in [5.74, 6) is -0.609. The van der Waals surface area contributed by atoms with Gasteiger partial charge in [0.15, 0.2) is 0 Å². The van der Waals surface area contributed by atoms with Gasteiger partial charge in [0, 0.05) is 24.2 Å². The van der Waals surface area contributed by atoms with Crippen LogP contribution in [0.25, 0.3) is 10.9 Å². The van der Waals surface area contributed by atoms with E-state index in [4.69, 9.17) is 0 Å². The maximum atomic E-state index is 12.6. The molecule has 2 N–H and O–H groups in total. The normalized spacial score (nSPS) is 18.6. The van der Waals surface area contributed by atoms with E-state index in [1.807, 2.05) is 31.2 Å². The van der Waals surface area contributed by atoms with Crippen molar-refractivity contribution in [1.29, 1.82) is 0 Å². The molecule has 6 nitrogen and oxygen atoms in total. The Morgan fingerprint density at radius 3 is 2.88 bits per heavy atom. The van der Waals surface area contributed by atoms with Crippen LogP contribution in [0.1, 0.15) is 30.1 Å². The summed E-state index contributed by atoms with van der Waals surface area (Å²) in [6, 6.07) is 8.17. The summed E-state index contributed by atoms with van der Waals surface area (Å²) in [7, 11) is 0. The van der Waals surface area contributed by atoms with Gasteiger partial charge in [0.25, 0.3) is 5.91 Å². The number of carbonyl (C=O) groups excluding carboxylic acids is 2. The first-order valence-corrected chi connectivity index (χ1v) is 8.17. The Balaban J connectivity index is 1.80. The van der Waals surface area contributed by atoms with Crippen molar-refractivity contribution in [1.82, 2.24) is 15.2 Å². The monoisotopic (exact) mass is 327 g/mol. The number of aliphatic hydroxyl groups excluding tert-OH is 1. The molecular formula is C18H21N3O3. The number of fused-ring (bicyclic) bond motifs is 1. The van der Waals surface area contributed by atoms with Crippen LogP contribution in [-0.4, -0.2) is 52.0 Å². The lowest BCUT2D eigenvalue weighted by Crippen LogP contribution is -2.51. The predicted octanol–water partition coefficient (Wildman–Crippen LogP) is 1.34. The van der Waals surface area contributed by atoms with E-state index in [9.17, 15) is 14.7 Å². The molecule has 2 amide bonds. The third-order valence-corrected chi connectivity index (χ3v) is 4.52. The highest BCUT2D eigenvalue weighted by Crippen LogP contribution is 2.19. The number of amides is 2. The number of nitrogens with one attached hydrogen (secondary N) is 1. The molecule has 1 fully saturated rings. The van der Waals surface area contributed by atoms with Gasteiger partial charge in [0.05, 0.1) is 17.7 Å². The van der Waals surface area contributed by atoms with Crippen molar-refractivity contribution in [3.63, 3.8) is 0 Å². The molecule has 24 heavy (non-hydrogen) atoms. The van der Waals surface area contributed by atoms with Gasteiger partial charge >= 0.3 is 0 Å². The van der Waals surface area contributed by atoms with E-state index in [1.54, 1.807) is 17.2 Å². The molecule has 0 spiro atoms. The quantitative estimate of drug-likeness (QED) is 0.888. The van der Waals surface area contributed by atoms with Gasteiger partial charge in [-0.05, 0) is 31.9 Å². The molecule has 2 unspecified atom stereocenters. The van der Waals surface area contributed by atoms with E-state index in [2.05, 4.69) is 10.3 Å². The zero-order valence-corrected chi connectivity index (χ0v) is 13.6. The van der Waals surface area contributed by atoms with Crippen LogP contribution in [0.2, 0.25) is 0 Å². The fourth-order valence-corrected chi connectivity index (χ4v) is 3.18. The standard InChI is InChI=1S/C18H21N3O3/c1-12-5-4-10-21(12)18(24)16(11-22)20-17(23)14-8-9-19-15-7-3-2-6-13(14)15/h2-3,6-9,12,16,22H,4-5,10-11H2,1H3,(H,20,23). The summed E-state index contributed by atoms with van der Waals surface area (Å²) in [5, 5.41) is 13.0. The van der Waals surface area contributed by atoms with Gasteiger partial charge < -0.3 is 15.3 Å². The van der Waals surface area contributed by atoms with Crippen LogP contribution in [-0.2, 0) is 4.79 Å². The molecule has 6 heteroatoms. The molecule has 1 aliphatic heterocycles. The highest BCUT2D eigenvalue weighted by molar-refractivity contribution is 6.07. The third-order valence-electron chi connectivity index (χ3n) is 4.52. The van der Waals surface area contributed by atoms with Gasteiger partial charge in [-0.25, -0.2) is 0 Å². The highest BCUT2D eigenvalue weighted by atomic mass is 16.3. The molecule has 1 aromatic carbocycles. The van der Waals surface area contributed by atoms with Crippen LogP contribution in [0.3, 0.4) is 0 Å². The average molecular weight is 327 g/mol. The minimum atomic E-state index is -0.926. The number of benzene rings is 1. The van der Waals surface area contributed by atoms with Crippen molar-refractivity contribution >= 4 is 22.7 Å². The lowest BCUT2D eigenvalue weighted by molar-refractivity contribution is -0.134. The molecule has 3 rings (SSSR count). The van der Waals surface area contributed by atoms with Crippen LogP contribution < -0.4 is 5.32 Å². The van der Waals surface area contributed by atoms with Crippen molar-refractivity contribution in [2.24, 2.45) is 0 Å². The van der Waals surface area contributed by atoms with Gasteiger partial charge in [0.1, 0.15) is 6.04 Å². The van der Waals surface area contributed by atoms with Crippen molar-refractivity contribution in [2.75, 3.05) is 13.2 Å². The van der Waals surface area contributed by atoms with E-state index in [0.29, 0.717) is 17.6 Å². The molecule has 126 valence electrons. The zero-order valence-electron chi connectivity index (χ0n) is 13.6. The SMILES string of the molecule is CC1CCCN1C(=O)C(CO)NC(=O)c1ccnc2ccccc12. The summed E-state index contributed by atoms with van der Waals surface area (Å²) in [4.78, 5) is 31.1. The highest BCUT2D eigenvalue weighted by Gasteiger charge is 2.31. The molecule has 2 atom stereocenters. The van der Waals surface area contributed by atoms with Crippen LogP contribution >= 0.6 is 0 Å². The number of hydrogen-bond donors (Lipinski definition) is 2. The van der Waals surface area contributed by atoms with Gasteiger partial charge in [-0.1, -0.05) is 18.2 Å². The number of likely N-dealkylation sites (tertiary alicyclic amines) is 1. The number of carbonyl (C=O) groups is 2. The van der Waals surface area contributed by atoms with Crippen LogP contribution in [0.5, 0.6) is 0 Å². The first kappa shape index (κ1) is 16.4. The van der Waals surface area contributed by atoms with Gasteiger partial charge in [-0.3, -0.25) is 14.6 Å². The molecular weight excluding hydrogens is 306 g/mol.